The number of allylic oxidation sites excluding steroid dienone is 2. The van der Waals surface area contributed by atoms with Gasteiger partial charge in [0.1, 0.15) is 6.04 Å². The summed E-state index contributed by atoms with van der Waals surface area (Å²) in [6.07, 6.45) is 23.2. The molecule has 0 fully saturated rings. The third-order valence-corrected chi connectivity index (χ3v) is 5.59. The van der Waals surface area contributed by atoms with Crippen molar-refractivity contribution in [3.8, 4) is 0 Å². The van der Waals surface area contributed by atoms with Gasteiger partial charge >= 0.3 is 5.97 Å². The first-order valence-corrected chi connectivity index (χ1v) is 11.5. The van der Waals surface area contributed by atoms with Crippen LogP contribution in [-0.2, 0) is 4.79 Å². The van der Waals surface area contributed by atoms with Gasteiger partial charge in [-0.05, 0) is 37.9 Å². The maximum absolute atomic E-state index is 10.6. The predicted octanol–water partition coefficient (Wildman–Crippen LogP) is 6.17. The Morgan fingerprint density at radius 1 is 0.880 bits per heavy atom. The van der Waals surface area contributed by atoms with Crippen LogP contribution in [0.2, 0.25) is 0 Å². The molecule has 0 aliphatic heterocycles. The molecule has 0 aromatic rings. The summed E-state index contributed by atoms with van der Waals surface area (Å²) in [5, 5.41) is 8.68. The standard InChI is InChI=1S/C21H41NO2S/c1-2-3-4-5-6-7-8-9-10-11-12-13-14-15-16-17-18-25-19-20(22)21(23)24/h9-10,20H,2-8,11-19,22H2,1H3,(H,23,24)/t20-/m0/s1. The van der Waals surface area contributed by atoms with Crippen molar-refractivity contribution in [2.45, 2.75) is 103 Å². The topological polar surface area (TPSA) is 63.3 Å². The second-order valence-corrected chi connectivity index (χ2v) is 8.11. The summed E-state index contributed by atoms with van der Waals surface area (Å²) < 4.78 is 0. The molecule has 0 aromatic heterocycles. The highest BCUT2D eigenvalue weighted by Crippen LogP contribution is 2.12. The molecule has 4 heteroatoms. The van der Waals surface area contributed by atoms with Crippen LogP contribution in [0.5, 0.6) is 0 Å². The lowest BCUT2D eigenvalue weighted by atomic mass is 10.1. The third-order valence-electron chi connectivity index (χ3n) is 4.42. The van der Waals surface area contributed by atoms with E-state index in [2.05, 4.69) is 19.1 Å². The van der Waals surface area contributed by atoms with E-state index < -0.39 is 12.0 Å². The van der Waals surface area contributed by atoms with Crippen LogP contribution in [0.3, 0.4) is 0 Å². The van der Waals surface area contributed by atoms with Gasteiger partial charge in [0, 0.05) is 5.75 Å². The third kappa shape index (κ3) is 19.7. The van der Waals surface area contributed by atoms with Crippen molar-refractivity contribution in [2.75, 3.05) is 11.5 Å². The molecule has 0 saturated heterocycles. The molecule has 0 saturated carbocycles. The van der Waals surface area contributed by atoms with Gasteiger partial charge in [0.15, 0.2) is 0 Å². The van der Waals surface area contributed by atoms with E-state index in [0.717, 1.165) is 5.75 Å². The Balaban J connectivity index is 3.13. The van der Waals surface area contributed by atoms with E-state index in [-0.39, 0.29) is 0 Å². The molecule has 0 unspecified atom stereocenters. The monoisotopic (exact) mass is 371 g/mol. The maximum Gasteiger partial charge on any atom is 0.321 e. The summed E-state index contributed by atoms with van der Waals surface area (Å²) in [6.45, 7) is 2.27. The van der Waals surface area contributed by atoms with E-state index in [0.29, 0.717) is 5.75 Å². The van der Waals surface area contributed by atoms with Gasteiger partial charge in [0.2, 0.25) is 0 Å². The van der Waals surface area contributed by atoms with Crippen LogP contribution in [0.1, 0.15) is 96.8 Å². The van der Waals surface area contributed by atoms with Crippen LogP contribution in [0, 0.1) is 0 Å². The molecule has 0 aliphatic carbocycles. The van der Waals surface area contributed by atoms with Crippen molar-refractivity contribution < 1.29 is 9.90 Å². The molecule has 3 N–H and O–H groups in total. The van der Waals surface area contributed by atoms with E-state index in [1.807, 2.05) is 0 Å². The fraction of sp³-hybridized carbons (Fsp3) is 0.857. The Morgan fingerprint density at radius 3 is 1.88 bits per heavy atom. The van der Waals surface area contributed by atoms with E-state index in [4.69, 9.17) is 10.8 Å². The zero-order valence-electron chi connectivity index (χ0n) is 16.4. The number of hydrogen-bond acceptors (Lipinski definition) is 3. The van der Waals surface area contributed by atoms with Gasteiger partial charge in [-0.25, -0.2) is 0 Å². The number of aliphatic carboxylic acids is 1. The predicted molar refractivity (Wildman–Crippen MR) is 112 cm³/mol. The summed E-state index contributed by atoms with van der Waals surface area (Å²) in [5.41, 5.74) is 5.46. The summed E-state index contributed by atoms with van der Waals surface area (Å²) >= 11 is 1.66. The molecule has 0 aliphatic rings. The summed E-state index contributed by atoms with van der Waals surface area (Å²) in [7, 11) is 0. The molecular formula is C21H41NO2S. The zero-order valence-corrected chi connectivity index (χ0v) is 17.2. The molecule has 1 atom stereocenters. The minimum absolute atomic E-state index is 0.528. The Kier molecular flexibility index (Phi) is 19.5. The highest BCUT2D eigenvalue weighted by molar-refractivity contribution is 7.99. The Morgan fingerprint density at radius 2 is 1.36 bits per heavy atom. The van der Waals surface area contributed by atoms with Gasteiger partial charge in [0.25, 0.3) is 0 Å². The van der Waals surface area contributed by atoms with Gasteiger partial charge in [-0.15, -0.1) is 0 Å². The molecule has 25 heavy (non-hydrogen) atoms. The van der Waals surface area contributed by atoms with Crippen LogP contribution < -0.4 is 5.73 Å². The molecule has 0 aromatic carbocycles. The molecule has 0 amide bonds. The van der Waals surface area contributed by atoms with E-state index >= 15 is 0 Å². The molecule has 0 heterocycles. The van der Waals surface area contributed by atoms with Gasteiger partial charge < -0.3 is 10.8 Å². The maximum atomic E-state index is 10.6. The van der Waals surface area contributed by atoms with E-state index in [1.54, 1.807) is 11.8 Å². The van der Waals surface area contributed by atoms with Crippen LogP contribution in [0.4, 0.5) is 0 Å². The van der Waals surface area contributed by atoms with Crippen molar-refractivity contribution in [1.29, 1.82) is 0 Å². The molecule has 148 valence electrons. The average Bonchev–Trinajstić information content (AvgIpc) is 2.60. The first-order chi connectivity index (χ1) is 12.2. The van der Waals surface area contributed by atoms with Crippen LogP contribution in [0.25, 0.3) is 0 Å². The lowest BCUT2D eigenvalue weighted by Crippen LogP contribution is -2.32. The number of carboxylic acids is 1. The van der Waals surface area contributed by atoms with Gasteiger partial charge in [-0.2, -0.15) is 11.8 Å². The number of rotatable bonds is 19. The SMILES string of the molecule is CCCCCCCCC=CCCCCCCCCSC[C@H](N)C(=O)O. The van der Waals surface area contributed by atoms with E-state index in [9.17, 15) is 4.79 Å². The summed E-state index contributed by atoms with van der Waals surface area (Å²) in [4.78, 5) is 10.6. The molecule has 0 spiro atoms. The normalized spacial score (nSPS) is 12.7. The Hall–Kier alpha value is -0.480. The molecular weight excluding hydrogens is 330 g/mol. The smallest absolute Gasteiger partial charge is 0.321 e. The molecule has 3 nitrogen and oxygen atoms in total. The van der Waals surface area contributed by atoms with Gasteiger partial charge in [-0.1, -0.05) is 76.9 Å². The highest BCUT2D eigenvalue weighted by atomic mass is 32.2. The highest BCUT2D eigenvalue weighted by Gasteiger charge is 2.10. The quantitative estimate of drug-likeness (QED) is 0.210. The zero-order chi connectivity index (χ0) is 18.6. The van der Waals surface area contributed by atoms with Crippen molar-refractivity contribution in [2.24, 2.45) is 5.73 Å². The van der Waals surface area contributed by atoms with Crippen molar-refractivity contribution in [3.63, 3.8) is 0 Å². The fourth-order valence-corrected chi connectivity index (χ4v) is 3.70. The second-order valence-electron chi connectivity index (χ2n) is 6.96. The van der Waals surface area contributed by atoms with Crippen molar-refractivity contribution >= 4 is 17.7 Å². The average molecular weight is 372 g/mol. The van der Waals surface area contributed by atoms with Gasteiger partial charge in [-0.3, -0.25) is 4.79 Å². The Labute approximate surface area is 160 Å². The number of hydrogen-bond donors (Lipinski definition) is 2. The minimum Gasteiger partial charge on any atom is -0.480 e. The van der Waals surface area contributed by atoms with Gasteiger partial charge in [0.05, 0.1) is 0 Å². The summed E-state index contributed by atoms with van der Waals surface area (Å²) in [5.74, 6) is 0.663. The number of carboxylic acid groups (broad SMARTS) is 1. The van der Waals surface area contributed by atoms with E-state index in [1.165, 1.54) is 89.9 Å². The number of unbranched alkanes of at least 4 members (excludes halogenated alkanes) is 12. The van der Waals surface area contributed by atoms with Crippen molar-refractivity contribution in [3.05, 3.63) is 12.2 Å². The first-order valence-electron chi connectivity index (χ1n) is 10.4. The second kappa shape index (κ2) is 19.8. The van der Waals surface area contributed by atoms with Crippen LogP contribution in [0.15, 0.2) is 12.2 Å². The van der Waals surface area contributed by atoms with Crippen LogP contribution in [-0.4, -0.2) is 28.6 Å². The minimum atomic E-state index is -0.895. The molecule has 0 rings (SSSR count). The lowest BCUT2D eigenvalue weighted by Gasteiger charge is -2.05. The fourth-order valence-electron chi connectivity index (χ4n) is 2.73. The molecule has 0 radical (unpaired) electrons. The first kappa shape index (κ1) is 24.5. The Bertz CT molecular complexity index is 321. The van der Waals surface area contributed by atoms with Crippen molar-refractivity contribution in [1.82, 2.24) is 0 Å². The summed E-state index contributed by atoms with van der Waals surface area (Å²) in [6, 6.07) is -0.709. The van der Waals surface area contributed by atoms with Crippen LogP contribution >= 0.6 is 11.8 Å². The number of carbonyl (C=O) groups is 1. The largest absolute Gasteiger partial charge is 0.480 e. The number of thioether (sulfide) groups is 1. The lowest BCUT2D eigenvalue weighted by molar-refractivity contribution is -0.137. The number of nitrogens with two attached hydrogens (primary N) is 1. The molecule has 0 bridgehead atoms.